The molecular formula is C7H7N3S. The van der Waals surface area contributed by atoms with E-state index in [2.05, 4.69) is 15.0 Å². The molecule has 2 rings (SSSR count). The van der Waals surface area contributed by atoms with Crippen LogP contribution in [0.5, 0.6) is 0 Å². The average Bonchev–Trinajstić information content (AvgIpc) is 2.60. The molecule has 11 heavy (non-hydrogen) atoms. The van der Waals surface area contributed by atoms with E-state index in [0.29, 0.717) is 0 Å². The lowest BCUT2D eigenvalue weighted by Gasteiger charge is -1.88. The topological polar surface area (TPSA) is 41.6 Å². The van der Waals surface area contributed by atoms with Gasteiger partial charge in [-0.25, -0.2) is 4.98 Å². The molecule has 0 saturated heterocycles. The van der Waals surface area contributed by atoms with Gasteiger partial charge in [0.1, 0.15) is 5.82 Å². The zero-order valence-electron chi connectivity index (χ0n) is 5.82. The van der Waals surface area contributed by atoms with Gasteiger partial charge in [-0.3, -0.25) is 4.98 Å². The maximum absolute atomic E-state index is 4.11. The lowest BCUT2D eigenvalue weighted by Crippen LogP contribution is -1.86. The molecule has 56 valence electrons. The molecule has 0 atom stereocenters. The Balaban J connectivity index is 2.14. The van der Waals surface area contributed by atoms with Crippen LogP contribution < -0.4 is 0 Å². The minimum absolute atomic E-state index is 0.859. The molecule has 0 aliphatic rings. The van der Waals surface area contributed by atoms with Gasteiger partial charge in [-0.05, 0) is 0 Å². The summed E-state index contributed by atoms with van der Waals surface area (Å²) in [4.78, 5) is 12.4. The summed E-state index contributed by atoms with van der Waals surface area (Å²) in [6.07, 6.45) is 6.32. The van der Waals surface area contributed by atoms with Crippen molar-refractivity contribution >= 4 is 11.3 Å². The quantitative estimate of drug-likeness (QED) is 0.731. The highest BCUT2D eigenvalue weighted by Crippen LogP contribution is 2.09. The van der Waals surface area contributed by atoms with Crippen LogP contribution in [0.1, 0.15) is 10.7 Å². The third kappa shape index (κ3) is 1.46. The summed E-state index contributed by atoms with van der Waals surface area (Å²) >= 11 is 1.65. The van der Waals surface area contributed by atoms with Gasteiger partial charge in [0.15, 0.2) is 0 Å². The molecule has 0 spiro atoms. The molecule has 0 aliphatic carbocycles. The normalized spacial score (nSPS) is 10.2. The van der Waals surface area contributed by atoms with Gasteiger partial charge in [0, 0.05) is 29.9 Å². The molecule has 3 nitrogen and oxygen atoms in total. The summed E-state index contributed by atoms with van der Waals surface area (Å²) in [5, 5.41) is 0. The Bertz CT molecular complexity index is 266. The first-order chi connectivity index (χ1) is 5.45. The fraction of sp³-hybridized carbons (Fsp3) is 0.143. The van der Waals surface area contributed by atoms with Crippen molar-refractivity contribution in [1.29, 1.82) is 0 Å². The Morgan fingerprint density at radius 3 is 3.18 bits per heavy atom. The van der Waals surface area contributed by atoms with Gasteiger partial charge in [-0.2, -0.15) is 0 Å². The number of nitrogens with one attached hydrogen (secondary N) is 1. The van der Waals surface area contributed by atoms with E-state index in [4.69, 9.17) is 0 Å². The number of imidazole rings is 1. The predicted octanol–water partition coefficient (Wildman–Crippen LogP) is 1.46. The number of H-pyrrole nitrogens is 1. The molecule has 4 heteroatoms. The molecule has 0 fully saturated rings. The van der Waals surface area contributed by atoms with E-state index in [-0.39, 0.29) is 0 Å². The van der Waals surface area contributed by atoms with Crippen molar-refractivity contribution in [2.24, 2.45) is 0 Å². The Morgan fingerprint density at radius 2 is 2.55 bits per heavy atom. The van der Waals surface area contributed by atoms with Crippen LogP contribution in [-0.4, -0.2) is 15.0 Å². The molecule has 0 radical (unpaired) electrons. The van der Waals surface area contributed by atoms with Crippen LogP contribution in [0.3, 0.4) is 0 Å². The van der Waals surface area contributed by atoms with E-state index in [1.165, 1.54) is 4.88 Å². The molecule has 2 aromatic rings. The van der Waals surface area contributed by atoms with Crippen LogP contribution in [0.2, 0.25) is 0 Å². The lowest BCUT2D eigenvalue weighted by atomic mass is 10.4. The van der Waals surface area contributed by atoms with E-state index in [1.54, 1.807) is 17.5 Å². The summed E-state index contributed by atoms with van der Waals surface area (Å²) in [7, 11) is 0. The fourth-order valence-electron chi connectivity index (χ4n) is 0.889. The summed E-state index contributed by atoms with van der Waals surface area (Å²) in [6, 6.07) is 0. The van der Waals surface area contributed by atoms with Crippen molar-refractivity contribution in [3.8, 4) is 0 Å². The molecule has 0 aromatic carbocycles. The Morgan fingerprint density at radius 1 is 1.55 bits per heavy atom. The van der Waals surface area contributed by atoms with Crippen molar-refractivity contribution in [1.82, 2.24) is 15.0 Å². The smallest absolute Gasteiger partial charge is 0.111 e. The van der Waals surface area contributed by atoms with E-state index in [0.717, 1.165) is 12.2 Å². The highest BCUT2D eigenvalue weighted by Gasteiger charge is 1.97. The van der Waals surface area contributed by atoms with Crippen LogP contribution in [0.25, 0.3) is 0 Å². The average molecular weight is 165 g/mol. The first-order valence-electron chi connectivity index (χ1n) is 3.31. The second kappa shape index (κ2) is 2.84. The van der Waals surface area contributed by atoms with Crippen molar-refractivity contribution in [2.75, 3.05) is 0 Å². The van der Waals surface area contributed by atoms with Gasteiger partial charge in [0.25, 0.3) is 0 Å². The van der Waals surface area contributed by atoms with Gasteiger partial charge in [-0.1, -0.05) is 0 Å². The first kappa shape index (κ1) is 6.54. The standard InChI is InChI=1S/C7H7N3S/c1-2-10-7(9-1)3-6-4-8-5-11-6/h1-2,4-5H,3H2,(H,9,10). The van der Waals surface area contributed by atoms with Gasteiger partial charge in [0.05, 0.1) is 5.51 Å². The van der Waals surface area contributed by atoms with Gasteiger partial charge in [-0.15, -0.1) is 11.3 Å². The Hall–Kier alpha value is -1.16. The minimum Gasteiger partial charge on any atom is -0.348 e. The molecule has 2 heterocycles. The third-order valence-corrected chi connectivity index (χ3v) is 2.16. The van der Waals surface area contributed by atoms with Gasteiger partial charge in [0.2, 0.25) is 0 Å². The molecule has 0 bridgehead atoms. The SMILES string of the molecule is c1c[nH]c(Cc2cncs2)n1. The molecule has 0 saturated carbocycles. The number of rotatable bonds is 2. The molecular weight excluding hydrogens is 158 g/mol. The van der Waals surface area contributed by atoms with E-state index >= 15 is 0 Å². The molecule has 2 aromatic heterocycles. The number of aromatic nitrogens is 3. The van der Waals surface area contributed by atoms with Crippen LogP contribution in [0, 0.1) is 0 Å². The number of thiazole rings is 1. The number of hydrogen-bond donors (Lipinski definition) is 1. The molecule has 0 aliphatic heterocycles. The highest BCUT2D eigenvalue weighted by molar-refractivity contribution is 7.09. The maximum Gasteiger partial charge on any atom is 0.111 e. The third-order valence-electron chi connectivity index (χ3n) is 1.38. The lowest BCUT2D eigenvalue weighted by molar-refractivity contribution is 1.04. The summed E-state index contributed by atoms with van der Waals surface area (Å²) in [5.74, 6) is 0.995. The fourth-order valence-corrected chi connectivity index (χ4v) is 1.49. The highest BCUT2D eigenvalue weighted by atomic mass is 32.1. The molecule has 0 amide bonds. The van der Waals surface area contributed by atoms with Gasteiger partial charge < -0.3 is 4.98 Å². The largest absolute Gasteiger partial charge is 0.348 e. The van der Waals surface area contributed by atoms with Crippen LogP contribution >= 0.6 is 11.3 Å². The zero-order chi connectivity index (χ0) is 7.52. The Kier molecular flexibility index (Phi) is 1.69. The second-order valence-electron chi connectivity index (χ2n) is 2.18. The van der Waals surface area contributed by atoms with E-state index in [9.17, 15) is 0 Å². The second-order valence-corrected chi connectivity index (χ2v) is 3.15. The number of hydrogen-bond acceptors (Lipinski definition) is 3. The Labute approximate surface area is 68.1 Å². The van der Waals surface area contributed by atoms with E-state index in [1.807, 2.05) is 17.9 Å². The number of nitrogens with zero attached hydrogens (tertiary/aromatic N) is 2. The molecule has 1 N–H and O–H groups in total. The van der Waals surface area contributed by atoms with Crippen LogP contribution in [-0.2, 0) is 6.42 Å². The summed E-state index contributed by atoms with van der Waals surface area (Å²) in [5.41, 5.74) is 1.83. The minimum atomic E-state index is 0.859. The van der Waals surface area contributed by atoms with Crippen molar-refractivity contribution in [3.05, 3.63) is 34.8 Å². The van der Waals surface area contributed by atoms with Crippen molar-refractivity contribution in [2.45, 2.75) is 6.42 Å². The first-order valence-corrected chi connectivity index (χ1v) is 4.19. The predicted molar refractivity (Wildman–Crippen MR) is 43.5 cm³/mol. The van der Waals surface area contributed by atoms with Crippen LogP contribution in [0.4, 0.5) is 0 Å². The number of aromatic amines is 1. The van der Waals surface area contributed by atoms with E-state index < -0.39 is 0 Å². The zero-order valence-corrected chi connectivity index (χ0v) is 6.64. The van der Waals surface area contributed by atoms with Crippen LogP contribution in [0.15, 0.2) is 24.1 Å². The molecule has 0 unspecified atom stereocenters. The summed E-state index contributed by atoms with van der Waals surface area (Å²) in [6.45, 7) is 0. The monoisotopic (exact) mass is 165 g/mol. The van der Waals surface area contributed by atoms with Gasteiger partial charge >= 0.3 is 0 Å². The van der Waals surface area contributed by atoms with Crippen molar-refractivity contribution < 1.29 is 0 Å². The van der Waals surface area contributed by atoms with Crippen molar-refractivity contribution in [3.63, 3.8) is 0 Å². The maximum atomic E-state index is 4.11. The summed E-state index contributed by atoms with van der Waals surface area (Å²) < 4.78 is 0.